The molecule has 0 bridgehead atoms. The van der Waals surface area contributed by atoms with Crippen LogP contribution in [0.5, 0.6) is 0 Å². The van der Waals surface area contributed by atoms with Crippen molar-refractivity contribution in [1.82, 2.24) is 15.1 Å². The first-order valence-corrected chi connectivity index (χ1v) is 8.66. The van der Waals surface area contributed by atoms with Gasteiger partial charge in [0.25, 0.3) is 5.91 Å². The molecule has 0 aliphatic rings. The third kappa shape index (κ3) is 4.23. The summed E-state index contributed by atoms with van der Waals surface area (Å²) >= 11 is 0. The molecule has 138 valence electrons. The van der Waals surface area contributed by atoms with E-state index in [9.17, 15) is 9.59 Å². The SMILES string of the molecule is COC(=O)CCNC(=O)c1cn(-c2ccccc2)nc1-c1ccccc1C. The van der Waals surface area contributed by atoms with Crippen LogP contribution in [0, 0.1) is 6.92 Å². The molecule has 1 amide bonds. The Balaban J connectivity index is 1.96. The molecule has 1 heterocycles. The van der Waals surface area contributed by atoms with E-state index in [1.54, 1.807) is 10.9 Å². The minimum atomic E-state index is -0.366. The number of aryl methyl sites for hydroxylation is 1. The first kappa shape index (κ1) is 18.4. The summed E-state index contributed by atoms with van der Waals surface area (Å²) in [6, 6.07) is 17.4. The number of ether oxygens (including phenoxy) is 1. The van der Waals surface area contributed by atoms with Gasteiger partial charge >= 0.3 is 5.97 Å². The average molecular weight is 363 g/mol. The van der Waals surface area contributed by atoms with Crippen LogP contribution in [-0.2, 0) is 9.53 Å². The van der Waals surface area contributed by atoms with Crippen molar-refractivity contribution in [2.45, 2.75) is 13.3 Å². The molecule has 0 atom stereocenters. The highest BCUT2D eigenvalue weighted by atomic mass is 16.5. The highest BCUT2D eigenvalue weighted by molar-refractivity contribution is 6.00. The number of hydrogen-bond donors (Lipinski definition) is 1. The maximum atomic E-state index is 12.7. The Morgan fingerprint density at radius 3 is 2.48 bits per heavy atom. The van der Waals surface area contributed by atoms with Gasteiger partial charge in [0.15, 0.2) is 0 Å². The van der Waals surface area contributed by atoms with Gasteiger partial charge in [0.2, 0.25) is 0 Å². The molecule has 6 nitrogen and oxygen atoms in total. The van der Waals surface area contributed by atoms with Gasteiger partial charge in [-0.25, -0.2) is 4.68 Å². The first-order chi connectivity index (χ1) is 13.1. The number of esters is 1. The number of benzene rings is 2. The zero-order chi connectivity index (χ0) is 19.2. The monoisotopic (exact) mass is 363 g/mol. The summed E-state index contributed by atoms with van der Waals surface area (Å²) in [5, 5.41) is 7.42. The van der Waals surface area contributed by atoms with E-state index in [1.807, 2.05) is 61.5 Å². The quantitative estimate of drug-likeness (QED) is 0.683. The van der Waals surface area contributed by atoms with Gasteiger partial charge in [0.1, 0.15) is 5.69 Å². The van der Waals surface area contributed by atoms with Gasteiger partial charge in [0.05, 0.1) is 24.8 Å². The molecule has 0 fully saturated rings. The Morgan fingerprint density at radius 1 is 1.07 bits per heavy atom. The van der Waals surface area contributed by atoms with E-state index in [2.05, 4.69) is 15.2 Å². The van der Waals surface area contributed by atoms with Crippen LogP contribution in [0.3, 0.4) is 0 Å². The van der Waals surface area contributed by atoms with Crippen molar-refractivity contribution >= 4 is 11.9 Å². The minimum Gasteiger partial charge on any atom is -0.469 e. The zero-order valence-electron chi connectivity index (χ0n) is 15.3. The minimum absolute atomic E-state index is 0.120. The lowest BCUT2D eigenvalue weighted by atomic mass is 10.0. The van der Waals surface area contributed by atoms with Crippen molar-refractivity contribution in [3.8, 4) is 16.9 Å². The Hall–Kier alpha value is -3.41. The highest BCUT2D eigenvalue weighted by Crippen LogP contribution is 2.26. The van der Waals surface area contributed by atoms with E-state index in [4.69, 9.17) is 0 Å². The van der Waals surface area contributed by atoms with Crippen molar-refractivity contribution in [3.05, 3.63) is 71.9 Å². The number of carbonyl (C=O) groups is 2. The molecule has 0 saturated heterocycles. The van der Waals surface area contributed by atoms with E-state index < -0.39 is 0 Å². The van der Waals surface area contributed by atoms with Crippen LogP contribution < -0.4 is 5.32 Å². The lowest BCUT2D eigenvalue weighted by Crippen LogP contribution is -2.26. The number of aromatic nitrogens is 2. The molecule has 0 spiro atoms. The van der Waals surface area contributed by atoms with Gasteiger partial charge in [-0.1, -0.05) is 42.5 Å². The second-order valence-corrected chi connectivity index (χ2v) is 6.07. The molecule has 0 aliphatic carbocycles. The van der Waals surface area contributed by atoms with Gasteiger partial charge in [-0.15, -0.1) is 0 Å². The Labute approximate surface area is 157 Å². The lowest BCUT2D eigenvalue weighted by molar-refractivity contribution is -0.140. The molecule has 3 rings (SSSR count). The Morgan fingerprint density at radius 2 is 1.78 bits per heavy atom. The average Bonchev–Trinajstić information content (AvgIpc) is 3.14. The number of rotatable bonds is 6. The van der Waals surface area contributed by atoms with E-state index in [0.717, 1.165) is 16.8 Å². The number of methoxy groups -OCH3 is 1. The molecule has 0 saturated carbocycles. The van der Waals surface area contributed by atoms with E-state index in [0.29, 0.717) is 11.3 Å². The van der Waals surface area contributed by atoms with Crippen LogP contribution in [0.25, 0.3) is 16.9 Å². The molecule has 2 aromatic carbocycles. The van der Waals surface area contributed by atoms with Gasteiger partial charge < -0.3 is 10.1 Å². The number of hydrogen-bond acceptors (Lipinski definition) is 4. The van der Waals surface area contributed by atoms with Gasteiger partial charge in [-0.05, 0) is 24.6 Å². The van der Waals surface area contributed by atoms with Crippen LogP contribution in [0.1, 0.15) is 22.3 Å². The predicted molar refractivity (Wildman–Crippen MR) is 103 cm³/mol. The topological polar surface area (TPSA) is 73.2 Å². The molecule has 3 aromatic rings. The molecule has 0 radical (unpaired) electrons. The maximum absolute atomic E-state index is 12.7. The number of nitrogens with zero attached hydrogens (tertiary/aromatic N) is 2. The van der Waals surface area contributed by atoms with Crippen molar-refractivity contribution in [2.24, 2.45) is 0 Å². The molecule has 0 unspecified atom stereocenters. The van der Waals surface area contributed by atoms with Crippen LogP contribution >= 0.6 is 0 Å². The summed E-state index contributed by atoms with van der Waals surface area (Å²) in [4.78, 5) is 24.0. The summed E-state index contributed by atoms with van der Waals surface area (Å²) < 4.78 is 6.29. The third-order valence-electron chi connectivity index (χ3n) is 4.22. The van der Waals surface area contributed by atoms with E-state index in [-0.39, 0.29) is 24.8 Å². The van der Waals surface area contributed by atoms with Crippen LogP contribution in [0.15, 0.2) is 60.8 Å². The molecule has 6 heteroatoms. The van der Waals surface area contributed by atoms with Gasteiger partial charge in [-0.3, -0.25) is 9.59 Å². The van der Waals surface area contributed by atoms with Crippen LogP contribution in [0.4, 0.5) is 0 Å². The first-order valence-electron chi connectivity index (χ1n) is 8.66. The molecule has 1 N–H and O–H groups in total. The van der Waals surface area contributed by atoms with Crippen molar-refractivity contribution in [3.63, 3.8) is 0 Å². The molecular formula is C21H21N3O3. The molecular weight excluding hydrogens is 342 g/mol. The van der Waals surface area contributed by atoms with E-state index in [1.165, 1.54) is 7.11 Å². The predicted octanol–water partition coefficient (Wildman–Crippen LogP) is 3.14. The second-order valence-electron chi connectivity index (χ2n) is 6.07. The molecule has 27 heavy (non-hydrogen) atoms. The molecule has 1 aromatic heterocycles. The Bertz CT molecular complexity index is 948. The summed E-state index contributed by atoms with van der Waals surface area (Å²) in [5.74, 6) is -0.645. The normalized spacial score (nSPS) is 10.4. The van der Waals surface area contributed by atoms with Crippen molar-refractivity contribution < 1.29 is 14.3 Å². The fourth-order valence-electron chi connectivity index (χ4n) is 2.77. The summed E-state index contributed by atoms with van der Waals surface area (Å²) in [7, 11) is 1.32. The zero-order valence-corrected chi connectivity index (χ0v) is 15.3. The maximum Gasteiger partial charge on any atom is 0.307 e. The van der Waals surface area contributed by atoms with Gasteiger partial charge in [-0.2, -0.15) is 5.10 Å². The Kier molecular flexibility index (Phi) is 5.66. The summed E-state index contributed by atoms with van der Waals surface area (Å²) in [6.45, 7) is 2.19. The number of nitrogens with one attached hydrogen (secondary N) is 1. The fourth-order valence-corrected chi connectivity index (χ4v) is 2.77. The number of para-hydroxylation sites is 1. The number of amides is 1. The standard InChI is InChI=1S/C21H21N3O3/c1-15-8-6-7-11-17(15)20-18(21(26)22-13-12-19(25)27-2)14-24(23-20)16-9-4-3-5-10-16/h3-11,14H,12-13H2,1-2H3,(H,22,26). The lowest BCUT2D eigenvalue weighted by Gasteiger charge is -2.06. The third-order valence-corrected chi connectivity index (χ3v) is 4.22. The van der Waals surface area contributed by atoms with Crippen molar-refractivity contribution in [1.29, 1.82) is 0 Å². The van der Waals surface area contributed by atoms with E-state index >= 15 is 0 Å². The largest absolute Gasteiger partial charge is 0.469 e. The van der Waals surface area contributed by atoms with Crippen LogP contribution in [-0.4, -0.2) is 35.3 Å². The number of carbonyl (C=O) groups excluding carboxylic acids is 2. The van der Waals surface area contributed by atoms with Crippen LogP contribution in [0.2, 0.25) is 0 Å². The smallest absolute Gasteiger partial charge is 0.307 e. The molecule has 0 aliphatic heterocycles. The van der Waals surface area contributed by atoms with Gasteiger partial charge in [0, 0.05) is 18.3 Å². The summed E-state index contributed by atoms with van der Waals surface area (Å²) in [5.41, 5.74) is 3.84. The second kappa shape index (κ2) is 8.31. The highest BCUT2D eigenvalue weighted by Gasteiger charge is 2.19. The van der Waals surface area contributed by atoms with Crippen molar-refractivity contribution in [2.75, 3.05) is 13.7 Å². The fraction of sp³-hybridized carbons (Fsp3) is 0.190. The summed E-state index contributed by atoms with van der Waals surface area (Å²) in [6.07, 6.45) is 1.83.